The maximum Gasteiger partial charge on any atom is 0.259 e. The largest absolute Gasteiger partial charge is 0.472 e. The number of likely N-dealkylation sites (N-methyl/N-ethyl adjacent to an activating group) is 1. The van der Waals surface area contributed by atoms with Gasteiger partial charge in [0.25, 0.3) is 11.8 Å². The van der Waals surface area contributed by atoms with E-state index >= 15 is 0 Å². The van der Waals surface area contributed by atoms with Crippen molar-refractivity contribution >= 4 is 11.8 Å². The molecule has 1 N–H and O–H groups in total. The van der Waals surface area contributed by atoms with Crippen LogP contribution in [0.15, 0.2) is 60.8 Å². The predicted octanol–water partition coefficient (Wildman–Crippen LogP) is 4.02. The molecule has 0 fully saturated rings. The Bertz CT molecular complexity index is 1270. The number of hydrogen-bond acceptors (Lipinski definition) is 5. The maximum atomic E-state index is 13.6. The summed E-state index contributed by atoms with van der Waals surface area (Å²) in [6.07, 6.45) is 1.02. The topological polar surface area (TPSA) is 83.0 Å². The fourth-order valence-electron chi connectivity index (χ4n) is 4.29. The molecule has 3 aromatic rings. The molecule has 3 atom stereocenters. The van der Waals surface area contributed by atoms with Crippen LogP contribution in [0.25, 0.3) is 11.1 Å². The zero-order chi connectivity index (χ0) is 26.7. The van der Waals surface area contributed by atoms with Gasteiger partial charge in [-0.2, -0.15) is 0 Å². The lowest BCUT2D eigenvalue weighted by Gasteiger charge is -2.37. The number of carbonyl (C=O) groups is 2. The van der Waals surface area contributed by atoms with E-state index < -0.39 is 18.0 Å². The molecule has 0 aliphatic carbocycles. The number of amides is 2. The van der Waals surface area contributed by atoms with Crippen LogP contribution in [0.2, 0.25) is 0 Å². The van der Waals surface area contributed by atoms with Gasteiger partial charge in [0.15, 0.2) is 0 Å². The SMILES string of the molecule is C[C@@H]1CN([C@H](C)CO)C(=O)c2cc(-c3ccc(F)cc3)cnc2O[C@@H]1CN(C)C(=O)c1ccc(F)cc1. The molecular weight excluding hydrogens is 480 g/mol. The molecule has 1 aliphatic rings. The minimum atomic E-state index is -0.529. The van der Waals surface area contributed by atoms with E-state index in [9.17, 15) is 23.5 Å². The molecule has 0 unspecified atom stereocenters. The fraction of sp³-hybridized carbons (Fsp3) is 0.321. The molecule has 1 aliphatic heterocycles. The highest BCUT2D eigenvalue weighted by molar-refractivity contribution is 5.98. The number of nitrogens with zero attached hydrogens (tertiary/aromatic N) is 3. The highest BCUT2D eigenvalue weighted by Crippen LogP contribution is 2.30. The molecule has 194 valence electrons. The third-order valence-electron chi connectivity index (χ3n) is 6.59. The lowest BCUT2D eigenvalue weighted by molar-refractivity contribution is 0.0313. The van der Waals surface area contributed by atoms with Crippen molar-refractivity contribution in [2.75, 3.05) is 26.7 Å². The second kappa shape index (κ2) is 11.0. The van der Waals surface area contributed by atoms with Crippen molar-refractivity contribution in [1.29, 1.82) is 0 Å². The molecule has 2 aromatic carbocycles. The van der Waals surface area contributed by atoms with Crippen LogP contribution in [0, 0.1) is 17.6 Å². The lowest BCUT2D eigenvalue weighted by Crippen LogP contribution is -2.50. The molecule has 2 heterocycles. The predicted molar refractivity (Wildman–Crippen MR) is 134 cm³/mol. The van der Waals surface area contributed by atoms with Crippen molar-refractivity contribution in [1.82, 2.24) is 14.8 Å². The van der Waals surface area contributed by atoms with E-state index in [4.69, 9.17) is 4.74 Å². The number of benzene rings is 2. The van der Waals surface area contributed by atoms with E-state index in [1.807, 2.05) is 6.92 Å². The summed E-state index contributed by atoms with van der Waals surface area (Å²) in [5, 5.41) is 9.83. The Hall–Kier alpha value is -3.85. The molecule has 2 amide bonds. The summed E-state index contributed by atoms with van der Waals surface area (Å²) < 4.78 is 32.9. The number of carbonyl (C=O) groups excluding carboxylic acids is 2. The third kappa shape index (κ3) is 5.77. The van der Waals surface area contributed by atoms with Crippen LogP contribution in [0.4, 0.5) is 8.78 Å². The summed E-state index contributed by atoms with van der Waals surface area (Å²) in [5.74, 6) is -1.54. The van der Waals surface area contributed by atoms with Gasteiger partial charge in [-0.25, -0.2) is 13.8 Å². The van der Waals surface area contributed by atoms with Crippen LogP contribution in [0.5, 0.6) is 5.88 Å². The van der Waals surface area contributed by atoms with E-state index in [1.165, 1.54) is 41.3 Å². The molecule has 9 heteroatoms. The lowest BCUT2D eigenvalue weighted by atomic mass is 9.99. The quantitative estimate of drug-likeness (QED) is 0.543. The maximum absolute atomic E-state index is 13.6. The van der Waals surface area contributed by atoms with Crippen molar-refractivity contribution in [3.05, 3.63) is 83.6 Å². The van der Waals surface area contributed by atoms with Crippen LogP contribution in [0.1, 0.15) is 34.6 Å². The monoisotopic (exact) mass is 509 g/mol. The van der Waals surface area contributed by atoms with Gasteiger partial charge in [-0.1, -0.05) is 19.1 Å². The summed E-state index contributed by atoms with van der Waals surface area (Å²) in [6.45, 7) is 3.90. The summed E-state index contributed by atoms with van der Waals surface area (Å²) in [5.41, 5.74) is 1.85. The normalized spacial score (nSPS) is 18.3. The van der Waals surface area contributed by atoms with Gasteiger partial charge in [-0.3, -0.25) is 9.59 Å². The van der Waals surface area contributed by atoms with E-state index in [1.54, 1.807) is 43.3 Å². The Labute approximate surface area is 214 Å². The van der Waals surface area contributed by atoms with Crippen LogP contribution in [-0.4, -0.2) is 70.6 Å². The molecule has 0 spiro atoms. The zero-order valence-electron chi connectivity index (χ0n) is 20.9. The van der Waals surface area contributed by atoms with E-state index in [-0.39, 0.29) is 54.7 Å². The molecular formula is C28H29F2N3O4. The van der Waals surface area contributed by atoms with Crippen LogP contribution < -0.4 is 4.74 Å². The Morgan fingerprint density at radius 1 is 1.14 bits per heavy atom. The summed E-state index contributed by atoms with van der Waals surface area (Å²) >= 11 is 0. The molecule has 4 rings (SSSR count). The standard InChI is InChI=1S/C28H29F2N3O4/c1-17-14-33(18(2)16-34)28(36)24-12-21(19-4-8-22(29)9-5-19)13-31-26(24)37-25(17)15-32(3)27(35)20-6-10-23(30)11-7-20/h4-13,17-18,25,34H,14-16H2,1-3H3/t17-,18-,25-/m1/s1. The second-order valence-corrected chi connectivity index (χ2v) is 9.40. The third-order valence-corrected chi connectivity index (χ3v) is 6.59. The van der Waals surface area contributed by atoms with Gasteiger partial charge < -0.3 is 19.6 Å². The number of halogens is 2. The number of ether oxygens (including phenoxy) is 1. The molecule has 0 saturated heterocycles. The van der Waals surface area contributed by atoms with Gasteiger partial charge in [0, 0.05) is 36.8 Å². The van der Waals surface area contributed by atoms with Gasteiger partial charge >= 0.3 is 0 Å². The Kier molecular flexibility index (Phi) is 7.83. The summed E-state index contributed by atoms with van der Waals surface area (Å²) in [7, 11) is 1.63. The number of aliphatic hydroxyl groups is 1. The number of aliphatic hydroxyl groups excluding tert-OH is 1. The first-order chi connectivity index (χ1) is 17.7. The smallest absolute Gasteiger partial charge is 0.259 e. The first-order valence-corrected chi connectivity index (χ1v) is 12.0. The molecule has 1 aromatic heterocycles. The molecule has 0 bridgehead atoms. The highest BCUT2D eigenvalue weighted by Gasteiger charge is 2.35. The average molecular weight is 510 g/mol. The van der Waals surface area contributed by atoms with Gasteiger partial charge in [-0.05, 0) is 55.0 Å². The first kappa shape index (κ1) is 26.2. The summed E-state index contributed by atoms with van der Waals surface area (Å²) in [4.78, 5) is 34.0. The van der Waals surface area contributed by atoms with E-state index in [0.717, 1.165) is 0 Å². The molecule has 37 heavy (non-hydrogen) atoms. The van der Waals surface area contributed by atoms with Crippen LogP contribution in [0.3, 0.4) is 0 Å². The molecule has 7 nitrogen and oxygen atoms in total. The van der Waals surface area contributed by atoms with Crippen molar-refractivity contribution in [2.45, 2.75) is 26.0 Å². The minimum absolute atomic E-state index is 0.116. The Morgan fingerprint density at radius 3 is 2.38 bits per heavy atom. The first-order valence-electron chi connectivity index (χ1n) is 12.0. The number of pyridine rings is 1. The number of hydrogen-bond donors (Lipinski definition) is 1. The van der Waals surface area contributed by atoms with Crippen LogP contribution in [-0.2, 0) is 0 Å². The van der Waals surface area contributed by atoms with Crippen molar-refractivity contribution in [2.24, 2.45) is 5.92 Å². The van der Waals surface area contributed by atoms with Crippen molar-refractivity contribution < 1.29 is 28.2 Å². The van der Waals surface area contributed by atoms with Crippen molar-refractivity contribution in [3.8, 4) is 17.0 Å². The van der Waals surface area contributed by atoms with Crippen LogP contribution >= 0.6 is 0 Å². The molecule has 0 radical (unpaired) electrons. The minimum Gasteiger partial charge on any atom is -0.472 e. The van der Waals surface area contributed by atoms with Gasteiger partial charge in [0.2, 0.25) is 5.88 Å². The van der Waals surface area contributed by atoms with Gasteiger partial charge in [0.1, 0.15) is 23.3 Å². The fourth-order valence-corrected chi connectivity index (χ4v) is 4.29. The zero-order valence-corrected chi connectivity index (χ0v) is 20.9. The van der Waals surface area contributed by atoms with E-state index in [2.05, 4.69) is 4.98 Å². The van der Waals surface area contributed by atoms with E-state index in [0.29, 0.717) is 16.7 Å². The highest BCUT2D eigenvalue weighted by atomic mass is 19.1. The van der Waals surface area contributed by atoms with Crippen molar-refractivity contribution in [3.63, 3.8) is 0 Å². The molecule has 0 saturated carbocycles. The number of rotatable bonds is 6. The Balaban J connectivity index is 1.67. The Morgan fingerprint density at radius 2 is 1.76 bits per heavy atom. The van der Waals surface area contributed by atoms with Gasteiger partial charge in [-0.15, -0.1) is 0 Å². The average Bonchev–Trinajstić information content (AvgIpc) is 2.90. The van der Waals surface area contributed by atoms with Gasteiger partial charge in [0.05, 0.1) is 19.2 Å². The number of fused-ring (bicyclic) bond motifs is 1. The summed E-state index contributed by atoms with van der Waals surface area (Å²) in [6, 6.07) is 12.4. The second-order valence-electron chi connectivity index (χ2n) is 9.40. The number of aromatic nitrogens is 1.